The Balaban J connectivity index is 1.63. The van der Waals surface area contributed by atoms with Crippen LogP contribution in [0.2, 0.25) is 0 Å². The van der Waals surface area contributed by atoms with Gasteiger partial charge < -0.3 is 24.4 Å². The van der Waals surface area contributed by atoms with Crippen molar-refractivity contribution in [2.75, 3.05) is 19.8 Å². The number of aliphatic imine (C=N–C) groups is 2. The third kappa shape index (κ3) is 19.9. The number of phenolic OH excluding ortho intramolecular Hbond substituents is 2. The first-order chi connectivity index (χ1) is 27.0. The highest BCUT2D eigenvalue weighted by atomic mass is 16.5. The Bertz CT molecular complexity index is 1500. The van der Waals surface area contributed by atoms with Gasteiger partial charge in [-0.2, -0.15) is 0 Å². The summed E-state index contributed by atoms with van der Waals surface area (Å²) in [4.78, 5) is 9.47. The maximum Gasteiger partial charge on any atom is 0.128 e. The van der Waals surface area contributed by atoms with Crippen LogP contribution in [-0.2, 0) is 0 Å². The maximum atomic E-state index is 10.8. The minimum Gasteiger partial charge on any atom is -0.507 e. The van der Waals surface area contributed by atoms with E-state index in [1.54, 1.807) is 24.6 Å². The van der Waals surface area contributed by atoms with E-state index in [1.807, 2.05) is 42.5 Å². The van der Waals surface area contributed by atoms with Gasteiger partial charge in [0.05, 0.1) is 31.2 Å². The van der Waals surface area contributed by atoms with Crippen LogP contribution in [0, 0.1) is 0 Å². The smallest absolute Gasteiger partial charge is 0.128 e. The maximum absolute atomic E-state index is 10.8. The molecule has 3 rings (SSSR count). The second-order valence-corrected chi connectivity index (χ2v) is 14.9. The van der Waals surface area contributed by atoms with Crippen LogP contribution in [0.15, 0.2) is 64.6 Å². The molecule has 0 aliphatic rings. The van der Waals surface area contributed by atoms with E-state index in [0.29, 0.717) is 53.8 Å². The molecule has 0 aliphatic heterocycles. The van der Waals surface area contributed by atoms with E-state index >= 15 is 0 Å². The van der Waals surface area contributed by atoms with E-state index in [-0.39, 0.29) is 11.5 Å². The monoisotopic (exact) mass is 757 g/mol. The molecule has 0 aromatic heterocycles. The summed E-state index contributed by atoms with van der Waals surface area (Å²) in [6.45, 7) is 8.64. The predicted molar refractivity (Wildman–Crippen MR) is 232 cm³/mol. The first-order valence-electron chi connectivity index (χ1n) is 21.8. The van der Waals surface area contributed by atoms with E-state index in [4.69, 9.17) is 24.2 Å². The standard InChI is InChI=1S/C48H72N2O5/c1-4-7-10-13-16-19-22-23-32-53-42-30-31-45(49-38-40-26-28-43(36-47(40)51)54-33-24-20-17-14-11-8-5-2)46(35-42)50-39-41-27-29-44(37-48(41)52)55-34-25-21-18-15-12-9-6-3/h26-31,35-39,51-52H,4-25,32-34H2,1-3H3. The highest BCUT2D eigenvalue weighted by molar-refractivity contribution is 5.90. The van der Waals surface area contributed by atoms with Crippen LogP contribution >= 0.6 is 0 Å². The van der Waals surface area contributed by atoms with Crippen molar-refractivity contribution in [3.8, 4) is 28.7 Å². The van der Waals surface area contributed by atoms with Crippen LogP contribution in [0.1, 0.15) is 173 Å². The lowest BCUT2D eigenvalue weighted by atomic mass is 10.1. The van der Waals surface area contributed by atoms with Crippen molar-refractivity contribution in [3.05, 3.63) is 65.7 Å². The number of hydrogen-bond acceptors (Lipinski definition) is 7. The molecule has 0 atom stereocenters. The van der Waals surface area contributed by atoms with Gasteiger partial charge in [-0.05, 0) is 55.7 Å². The van der Waals surface area contributed by atoms with Gasteiger partial charge in [-0.15, -0.1) is 0 Å². The zero-order valence-electron chi connectivity index (χ0n) is 34.5. The molecule has 7 nitrogen and oxygen atoms in total. The van der Waals surface area contributed by atoms with Crippen LogP contribution in [0.3, 0.4) is 0 Å². The Kier molecular flexibility index (Phi) is 24.2. The Hall–Kier alpha value is -4.00. The van der Waals surface area contributed by atoms with E-state index in [0.717, 1.165) is 44.3 Å². The normalized spacial score (nSPS) is 11.5. The number of phenols is 2. The molecule has 0 unspecified atom stereocenters. The van der Waals surface area contributed by atoms with Crippen molar-refractivity contribution in [2.45, 2.75) is 162 Å². The average Bonchev–Trinajstić information content (AvgIpc) is 3.19. The SMILES string of the molecule is CCCCCCCCCCOc1ccc(N=Cc2ccc(OCCCCCCCCC)cc2O)c(N=Cc2ccc(OCCCCCCCCC)cc2O)c1. The molecule has 0 bridgehead atoms. The molecule has 0 aliphatic carbocycles. The van der Waals surface area contributed by atoms with Crippen LogP contribution in [0.25, 0.3) is 0 Å². The Morgan fingerprint density at radius 1 is 0.400 bits per heavy atom. The van der Waals surface area contributed by atoms with Gasteiger partial charge in [-0.3, -0.25) is 9.98 Å². The molecular weight excluding hydrogens is 685 g/mol. The first-order valence-corrected chi connectivity index (χ1v) is 21.8. The van der Waals surface area contributed by atoms with Crippen LogP contribution in [0.5, 0.6) is 28.7 Å². The third-order valence-corrected chi connectivity index (χ3v) is 9.94. The van der Waals surface area contributed by atoms with Crippen molar-refractivity contribution < 1.29 is 24.4 Å². The van der Waals surface area contributed by atoms with Gasteiger partial charge >= 0.3 is 0 Å². The van der Waals surface area contributed by atoms with Crippen LogP contribution < -0.4 is 14.2 Å². The summed E-state index contributed by atoms with van der Waals surface area (Å²) < 4.78 is 18.0. The van der Waals surface area contributed by atoms with Crippen LogP contribution in [0.4, 0.5) is 11.4 Å². The second-order valence-electron chi connectivity index (χ2n) is 14.9. The minimum atomic E-state index is 0.104. The molecule has 3 aromatic rings. The molecule has 55 heavy (non-hydrogen) atoms. The molecule has 0 amide bonds. The van der Waals surface area contributed by atoms with Gasteiger partial charge in [-0.1, -0.05) is 143 Å². The molecule has 0 radical (unpaired) electrons. The number of rotatable bonds is 32. The van der Waals surface area contributed by atoms with Crippen molar-refractivity contribution in [2.24, 2.45) is 9.98 Å². The van der Waals surface area contributed by atoms with Gasteiger partial charge in [0.1, 0.15) is 28.7 Å². The number of unbranched alkanes of at least 4 members (excludes halogenated alkanes) is 19. The summed E-state index contributed by atoms with van der Waals surface area (Å²) in [5, 5.41) is 21.6. The van der Waals surface area contributed by atoms with Gasteiger partial charge in [0.2, 0.25) is 0 Å². The number of benzene rings is 3. The van der Waals surface area contributed by atoms with E-state index in [1.165, 1.54) is 103 Å². The largest absolute Gasteiger partial charge is 0.507 e. The van der Waals surface area contributed by atoms with E-state index in [9.17, 15) is 10.2 Å². The summed E-state index contributed by atoms with van der Waals surface area (Å²) >= 11 is 0. The quantitative estimate of drug-likeness (QED) is 0.0489. The fourth-order valence-electron chi connectivity index (χ4n) is 6.45. The number of nitrogens with zero attached hydrogens (tertiary/aromatic N) is 2. The number of aromatic hydroxyl groups is 2. The molecule has 3 aromatic carbocycles. The fourth-order valence-corrected chi connectivity index (χ4v) is 6.45. The lowest BCUT2D eigenvalue weighted by Gasteiger charge is -2.10. The van der Waals surface area contributed by atoms with Gasteiger partial charge in [0, 0.05) is 41.8 Å². The van der Waals surface area contributed by atoms with Crippen molar-refractivity contribution in [3.63, 3.8) is 0 Å². The molecule has 7 heteroatoms. The molecule has 0 fully saturated rings. The highest BCUT2D eigenvalue weighted by Gasteiger charge is 2.08. The fraction of sp³-hybridized carbons (Fsp3) is 0.583. The second kappa shape index (κ2) is 29.3. The van der Waals surface area contributed by atoms with Gasteiger partial charge in [-0.25, -0.2) is 0 Å². The third-order valence-electron chi connectivity index (χ3n) is 9.94. The number of ether oxygens (including phenoxy) is 3. The summed E-state index contributed by atoms with van der Waals surface area (Å²) in [5.41, 5.74) is 2.37. The van der Waals surface area contributed by atoms with Crippen molar-refractivity contribution >= 4 is 23.8 Å². The van der Waals surface area contributed by atoms with Crippen molar-refractivity contribution in [1.82, 2.24) is 0 Å². The lowest BCUT2D eigenvalue weighted by molar-refractivity contribution is 0.302. The summed E-state index contributed by atoms with van der Waals surface area (Å²) in [6.07, 6.45) is 30.4. The molecule has 0 spiro atoms. The Morgan fingerprint density at radius 2 is 0.727 bits per heavy atom. The van der Waals surface area contributed by atoms with E-state index < -0.39 is 0 Å². The molecule has 0 saturated carbocycles. The summed E-state index contributed by atoms with van der Waals surface area (Å²) in [5.74, 6) is 2.23. The van der Waals surface area contributed by atoms with Crippen LogP contribution in [-0.4, -0.2) is 42.5 Å². The van der Waals surface area contributed by atoms with Gasteiger partial charge in [0.15, 0.2) is 0 Å². The minimum absolute atomic E-state index is 0.104. The lowest BCUT2D eigenvalue weighted by Crippen LogP contribution is -1.98. The zero-order chi connectivity index (χ0) is 39.2. The first kappa shape index (κ1) is 45.4. The molecule has 304 valence electrons. The molecule has 0 heterocycles. The average molecular weight is 757 g/mol. The summed E-state index contributed by atoms with van der Waals surface area (Å²) in [7, 11) is 0. The molecule has 0 saturated heterocycles. The zero-order valence-corrected chi connectivity index (χ0v) is 34.5. The molecular formula is C48H72N2O5. The number of hydrogen-bond donors (Lipinski definition) is 2. The highest BCUT2D eigenvalue weighted by Crippen LogP contribution is 2.34. The van der Waals surface area contributed by atoms with Gasteiger partial charge in [0.25, 0.3) is 0 Å². The Labute approximate surface area is 333 Å². The topological polar surface area (TPSA) is 92.9 Å². The van der Waals surface area contributed by atoms with E-state index in [2.05, 4.69) is 20.8 Å². The molecule has 2 N–H and O–H groups in total. The Morgan fingerprint density at radius 3 is 1.11 bits per heavy atom. The summed E-state index contributed by atoms with van der Waals surface area (Å²) in [6, 6.07) is 16.3. The van der Waals surface area contributed by atoms with Crippen molar-refractivity contribution in [1.29, 1.82) is 0 Å². The predicted octanol–water partition coefficient (Wildman–Crippen LogP) is 14.4.